The van der Waals surface area contributed by atoms with E-state index < -0.39 is 5.97 Å². The maximum Gasteiger partial charge on any atom is 0.320 e. The molecule has 12 heavy (non-hydrogen) atoms. The number of carbonyl (C=O) groups is 1. The molecular weight excluding hydrogens is 154 g/mol. The second-order valence-electron chi connectivity index (χ2n) is 3.30. The summed E-state index contributed by atoms with van der Waals surface area (Å²) >= 11 is 0. The zero-order valence-electron chi connectivity index (χ0n) is 7.42. The highest BCUT2D eigenvalue weighted by Gasteiger charge is 2.22. The van der Waals surface area contributed by atoms with E-state index in [0.717, 1.165) is 25.9 Å². The van der Waals surface area contributed by atoms with Crippen molar-refractivity contribution in [3.8, 4) is 0 Å². The fourth-order valence-electron chi connectivity index (χ4n) is 1.38. The Hall–Kier alpha value is -0.830. The van der Waals surface area contributed by atoms with Crippen LogP contribution in [0.25, 0.3) is 0 Å². The molecule has 0 aromatic heterocycles. The van der Waals surface area contributed by atoms with Crippen molar-refractivity contribution in [3.05, 3.63) is 12.2 Å². The number of aliphatic carboxylic acids is 1. The molecule has 1 unspecified atom stereocenters. The lowest BCUT2D eigenvalue weighted by atomic mass is 10.0. The molecule has 3 heteroatoms. The zero-order chi connectivity index (χ0) is 9.14. The number of hydrogen-bond donors (Lipinski definition) is 1. The molecule has 1 fully saturated rings. The predicted octanol–water partition coefficient (Wildman–Crippen LogP) is 1.11. The lowest BCUT2D eigenvalue weighted by Gasteiger charge is -2.30. The molecule has 1 heterocycles. The van der Waals surface area contributed by atoms with E-state index >= 15 is 0 Å². The summed E-state index contributed by atoms with van der Waals surface area (Å²) in [4.78, 5) is 12.6. The maximum absolute atomic E-state index is 10.6. The molecule has 0 aromatic carbocycles. The molecule has 1 aliphatic heterocycles. The number of piperidine rings is 1. The Morgan fingerprint density at radius 2 is 2.08 bits per heavy atom. The van der Waals surface area contributed by atoms with Crippen molar-refractivity contribution in [2.45, 2.75) is 25.8 Å². The van der Waals surface area contributed by atoms with Crippen molar-refractivity contribution >= 4 is 5.97 Å². The number of carboxylic acid groups (broad SMARTS) is 1. The highest BCUT2D eigenvalue weighted by atomic mass is 16.4. The van der Waals surface area contributed by atoms with Gasteiger partial charge in [-0.05, 0) is 19.8 Å². The van der Waals surface area contributed by atoms with Crippen LogP contribution in [0, 0.1) is 0 Å². The molecule has 0 aromatic rings. The Morgan fingerprint density at radius 1 is 1.58 bits per heavy atom. The normalized spacial score (nSPS) is 22.2. The smallest absolute Gasteiger partial charge is 0.320 e. The molecule has 0 aliphatic carbocycles. The van der Waals surface area contributed by atoms with E-state index in [0.29, 0.717) is 0 Å². The standard InChI is InChI=1S/C9H15NO2/c1-7-3-5-10(6-4-7)8(2)9(11)12/h8H,1,3-6H2,2H3,(H,11,12). The molecule has 1 N–H and O–H groups in total. The molecule has 1 saturated heterocycles. The Bertz CT molecular complexity index is 191. The van der Waals surface area contributed by atoms with Gasteiger partial charge in [0.05, 0.1) is 0 Å². The van der Waals surface area contributed by atoms with Gasteiger partial charge in [0, 0.05) is 13.1 Å². The van der Waals surface area contributed by atoms with Crippen LogP contribution in [0.15, 0.2) is 12.2 Å². The molecule has 3 nitrogen and oxygen atoms in total. The molecule has 1 aliphatic rings. The van der Waals surface area contributed by atoms with Crippen molar-refractivity contribution < 1.29 is 9.90 Å². The molecule has 1 rings (SSSR count). The van der Waals surface area contributed by atoms with Crippen molar-refractivity contribution in [1.82, 2.24) is 4.90 Å². The van der Waals surface area contributed by atoms with Gasteiger partial charge in [-0.15, -0.1) is 0 Å². The van der Waals surface area contributed by atoms with E-state index in [1.165, 1.54) is 5.57 Å². The quantitative estimate of drug-likeness (QED) is 0.629. The van der Waals surface area contributed by atoms with Crippen LogP contribution in [0.5, 0.6) is 0 Å². The monoisotopic (exact) mass is 169 g/mol. The molecule has 0 spiro atoms. The molecule has 1 atom stereocenters. The topological polar surface area (TPSA) is 40.5 Å². The van der Waals surface area contributed by atoms with Crippen molar-refractivity contribution in [1.29, 1.82) is 0 Å². The lowest BCUT2D eigenvalue weighted by Crippen LogP contribution is -2.42. The first-order chi connectivity index (χ1) is 5.61. The van der Waals surface area contributed by atoms with Crippen LogP contribution in [0.3, 0.4) is 0 Å². The first-order valence-electron chi connectivity index (χ1n) is 4.25. The van der Waals surface area contributed by atoms with Crippen molar-refractivity contribution in [3.63, 3.8) is 0 Å². The van der Waals surface area contributed by atoms with Crippen LogP contribution in [0.2, 0.25) is 0 Å². The molecule has 0 radical (unpaired) electrons. The summed E-state index contributed by atoms with van der Waals surface area (Å²) in [5.74, 6) is -0.734. The molecule has 68 valence electrons. The van der Waals surface area contributed by atoms with Crippen LogP contribution in [0.4, 0.5) is 0 Å². The zero-order valence-corrected chi connectivity index (χ0v) is 7.42. The molecular formula is C9H15NO2. The minimum atomic E-state index is -0.734. The third-order valence-corrected chi connectivity index (χ3v) is 2.41. The summed E-state index contributed by atoms with van der Waals surface area (Å²) in [5, 5.41) is 8.74. The van der Waals surface area contributed by atoms with Crippen LogP contribution in [-0.2, 0) is 4.79 Å². The van der Waals surface area contributed by atoms with E-state index in [9.17, 15) is 4.79 Å². The number of carboxylic acids is 1. The fourth-order valence-corrected chi connectivity index (χ4v) is 1.38. The van der Waals surface area contributed by atoms with E-state index in [1.807, 2.05) is 4.90 Å². The third kappa shape index (κ3) is 2.08. The van der Waals surface area contributed by atoms with E-state index in [1.54, 1.807) is 6.92 Å². The summed E-state index contributed by atoms with van der Waals surface area (Å²) in [6, 6.07) is -0.349. The second kappa shape index (κ2) is 3.72. The largest absolute Gasteiger partial charge is 0.480 e. The summed E-state index contributed by atoms with van der Waals surface area (Å²) in [5.41, 5.74) is 1.24. The highest BCUT2D eigenvalue weighted by molar-refractivity contribution is 5.72. The minimum absolute atomic E-state index is 0.349. The number of hydrogen-bond acceptors (Lipinski definition) is 2. The van der Waals surface area contributed by atoms with Gasteiger partial charge >= 0.3 is 5.97 Å². The Labute approximate surface area is 72.7 Å². The number of rotatable bonds is 2. The average molecular weight is 169 g/mol. The van der Waals surface area contributed by atoms with E-state index in [4.69, 9.17) is 5.11 Å². The summed E-state index contributed by atoms with van der Waals surface area (Å²) in [6.07, 6.45) is 1.88. The SMILES string of the molecule is C=C1CCN(C(C)C(=O)O)CC1. The number of nitrogens with zero attached hydrogens (tertiary/aromatic N) is 1. The third-order valence-electron chi connectivity index (χ3n) is 2.41. The van der Waals surface area contributed by atoms with Gasteiger partial charge in [0.15, 0.2) is 0 Å². The average Bonchev–Trinajstić information content (AvgIpc) is 2.04. The Kier molecular flexibility index (Phi) is 2.87. The Balaban J connectivity index is 2.44. The van der Waals surface area contributed by atoms with Gasteiger partial charge in [0.25, 0.3) is 0 Å². The van der Waals surface area contributed by atoms with Crippen LogP contribution in [0.1, 0.15) is 19.8 Å². The van der Waals surface area contributed by atoms with Gasteiger partial charge in [-0.3, -0.25) is 9.69 Å². The summed E-state index contributed by atoms with van der Waals surface area (Å²) in [7, 11) is 0. The van der Waals surface area contributed by atoms with Crippen LogP contribution in [-0.4, -0.2) is 35.1 Å². The Morgan fingerprint density at radius 3 is 2.50 bits per heavy atom. The molecule has 0 saturated carbocycles. The van der Waals surface area contributed by atoms with Gasteiger partial charge in [-0.1, -0.05) is 12.2 Å². The van der Waals surface area contributed by atoms with E-state index in [-0.39, 0.29) is 6.04 Å². The van der Waals surface area contributed by atoms with Crippen molar-refractivity contribution in [2.24, 2.45) is 0 Å². The van der Waals surface area contributed by atoms with E-state index in [2.05, 4.69) is 6.58 Å². The summed E-state index contributed by atoms with van der Waals surface area (Å²) < 4.78 is 0. The lowest BCUT2D eigenvalue weighted by molar-refractivity contribution is -0.142. The van der Waals surface area contributed by atoms with Crippen LogP contribution >= 0.6 is 0 Å². The van der Waals surface area contributed by atoms with Gasteiger partial charge in [-0.2, -0.15) is 0 Å². The minimum Gasteiger partial charge on any atom is -0.480 e. The molecule has 0 amide bonds. The fraction of sp³-hybridized carbons (Fsp3) is 0.667. The van der Waals surface area contributed by atoms with Gasteiger partial charge in [-0.25, -0.2) is 0 Å². The number of likely N-dealkylation sites (tertiary alicyclic amines) is 1. The molecule has 0 bridgehead atoms. The highest BCUT2D eigenvalue weighted by Crippen LogP contribution is 2.15. The first-order valence-corrected chi connectivity index (χ1v) is 4.25. The van der Waals surface area contributed by atoms with Crippen LogP contribution < -0.4 is 0 Å². The predicted molar refractivity (Wildman–Crippen MR) is 47.0 cm³/mol. The second-order valence-corrected chi connectivity index (χ2v) is 3.30. The first kappa shape index (κ1) is 9.26. The van der Waals surface area contributed by atoms with Gasteiger partial charge < -0.3 is 5.11 Å². The van der Waals surface area contributed by atoms with Gasteiger partial charge in [0.2, 0.25) is 0 Å². The van der Waals surface area contributed by atoms with Gasteiger partial charge in [0.1, 0.15) is 6.04 Å². The maximum atomic E-state index is 10.6. The summed E-state index contributed by atoms with van der Waals surface area (Å²) in [6.45, 7) is 7.29. The van der Waals surface area contributed by atoms with Crippen molar-refractivity contribution in [2.75, 3.05) is 13.1 Å².